The zero-order valence-electron chi connectivity index (χ0n) is 12.4. The minimum Gasteiger partial charge on any atom is -0.478 e. The monoisotopic (exact) mass is 284 g/mol. The van der Waals surface area contributed by atoms with Crippen LogP contribution in [0, 0.1) is 5.92 Å². The lowest BCUT2D eigenvalue weighted by molar-refractivity contribution is 0.0697. The number of nitrogens with zero attached hydrogens (tertiary/aromatic N) is 1. The Balaban J connectivity index is 2.09. The first-order valence-electron chi connectivity index (χ1n) is 6.96. The number of hydrogen-bond donors (Lipinski definition) is 2. The van der Waals surface area contributed by atoms with E-state index in [-0.39, 0.29) is 5.56 Å². The Morgan fingerprint density at radius 2 is 2.05 bits per heavy atom. The van der Waals surface area contributed by atoms with Crippen LogP contribution in [-0.4, -0.2) is 16.8 Å². The lowest BCUT2D eigenvalue weighted by Crippen LogP contribution is -2.16. The minimum absolute atomic E-state index is 0.268. The molecular formula is C17H20N2O2. The van der Waals surface area contributed by atoms with Crippen LogP contribution in [0.2, 0.25) is 0 Å². The maximum Gasteiger partial charge on any atom is 0.335 e. The second-order valence-corrected chi connectivity index (χ2v) is 5.42. The first-order valence-corrected chi connectivity index (χ1v) is 6.96. The standard InChI is InChI=1S/C17H20N2O2/c1-11(2)14-5-4-12(3)16(10-14)19-18-15-8-6-13(7-9-15)17(20)21/h4,6-9,14,18H,1,5,10H2,2-3H3,(H,20,21)/t14-/m1/s1. The molecule has 0 radical (unpaired) electrons. The zero-order valence-corrected chi connectivity index (χ0v) is 12.4. The van der Waals surface area contributed by atoms with E-state index in [1.807, 2.05) is 0 Å². The molecule has 1 aromatic carbocycles. The number of anilines is 1. The van der Waals surface area contributed by atoms with Gasteiger partial charge in [0.05, 0.1) is 17.0 Å². The number of nitrogens with one attached hydrogen (secondary N) is 1. The Morgan fingerprint density at radius 1 is 1.38 bits per heavy atom. The van der Waals surface area contributed by atoms with Gasteiger partial charge in [-0.1, -0.05) is 18.2 Å². The summed E-state index contributed by atoms with van der Waals surface area (Å²) in [6.07, 6.45) is 4.10. The van der Waals surface area contributed by atoms with E-state index in [4.69, 9.17) is 5.11 Å². The van der Waals surface area contributed by atoms with Crippen molar-refractivity contribution in [3.05, 3.63) is 53.6 Å². The molecule has 0 aliphatic heterocycles. The van der Waals surface area contributed by atoms with Crippen LogP contribution < -0.4 is 5.43 Å². The van der Waals surface area contributed by atoms with Gasteiger partial charge in [0.15, 0.2) is 0 Å². The van der Waals surface area contributed by atoms with Crippen molar-refractivity contribution in [3.8, 4) is 0 Å². The Morgan fingerprint density at radius 3 is 2.62 bits per heavy atom. The molecule has 0 heterocycles. The summed E-state index contributed by atoms with van der Waals surface area (Å²) in [4.78, 5) is 10.8. The SMILES string of the molecule is C=C(C)[C@@H]1CC=C(C)C(=NNc2ccc(C(=O)O)cc2)C1. The van der Waals surface area contributed by atoms with E-state index >= 15 is 0 Å². The molecule has 21 heavy (non-hydrogen) atoms. The third-order valence-electron chi connectivity index (χ3n) is 3.75. The predicted octanol–water partition coefficient (Wildman–Crippen LogP) is 4.09. The predicted molar refractivity (Wildman–Crippen MR) is 85.8 cm³/mol. The van der Waals surface area contributed by atoms with Crippen LogP contribution in [0.3, 0.4) is 0 Å². The summed E-state index contributed by atoms with van der Waals surface area (Å²) in [6.45, 7) is 8.13. The van der Waals surface area contributed by atoms with Gasteiger partial charge in [-0.3, -0.25) is 5.43 Å². The van der Waals surface area contributed by atoms with Gasteiger partial charge in [-0.05, 0) is 62.4 Å². The molecule has 110 valence electrons. The van der Waals surface area contributed by atoms with Crippen molar-refractivity contribution in [2.24, 2.45) is 11.0 Å². The third kappa shape index (κ3) is 3.81. The Hall–Kier alpha value is -2.36. The quantitative estimate of drug-likeness (QED) is 0.646. The van der Waals surface area contributed by atoms with Gasteiger partial charge in [0.25, 0.3) is 0 Å². The van der Waals surface area contributed by atoms with Gasteiger partial charge in [0, 0.05) is 0 Å². The summed E-state index contributed by atoms with van der Waals surface area (Å²) in [5, 5.41) is 13.3. The Kier molecular flexibility index (Phi) is 4.58. The highest BCUT2D eigenvalue weighted by molar-refractivity contribution is 6.01. The number of benzene rings is 1. The normalized spacial score (nSPS) is 20.0. The number of rotatable bonds is 4. The number of hydrazone groups is 1. The second-order valence-electron chi connectivity index (χ2n) is 5.42. The van der Waals surface area contributed by atoms with E-state index < -0.39 is 5.97 Å². The molecule has 0 fully saturated rings. The Labute approximate surface area is 124 Å². The summed E-state index contributed by atoms with van der Waals surface area (Å²) < 4.78 is 0. The summed E-state index contributed by atoms with van der Waals surface area (Å²) >= 11 is 0. The smallest absolute Gasteiger partial charge is 0.335 e. The van der Waals surface area contributed by atoms with Crippen molar-refractivity contribution in [3.63, 3.8) is 0 Å². The lowest BCUT2D eigenvalue weighted by Gasteiger charge is -2.22. The van der Waals surface area contributed by atoms with Crippen LogP contribution in [0.4, 0.5) is 5.69 Å². The molecule has 1 atom stereocenters. The van der Waals surface area contributed by atoms with Crippen molar-refractivity contribution >= 4 is 17.4 Å². The average molecular weight is 284 g/mol. The molecule has 0 saturated carbocycles. The highest BCUT2D eigenvalue weighted by atomic mass is 16.4. The maximum atomic E-state index is 10.8. The molecule has 0 saturated heterocycles. The summed E-state index contributed by atoms with van der Waals surface area (Å²) in [6, 6.07) is 6.55. The molecule has 0 bridgehead atoms. The largest absolute Gasteiger partial charge is 0.478 e. The zero-order chi connectivity index (χ0) is 15.4. The van der Waals surface area contributed by atoms with Crippen molar-refractivity contribution in [1.82, 2.24) is 0 Å². The highest BCUT2D eigenvalue weighted by Gasteiger charge is 2.18. The van der Waals surface area contributed by atoms with Gasteiger partial charge in [0.1, 0.15) is 0 Å². The molecule has 0 spiro atoms. The fourth-order valence-electron chi connectivity index (χ4n) is 2.24. The molecule has 2 N–H and O–H groups in total. The number of hydrogen-bond acceptors (Lipinski definition) is 3. The molecule has 0 amide bonds. The van der Waals surface area contributed by atoms with Crippen LogP contribution in [0.1, 0.15) is 37.0 Å². The summed E-state index contributed by atoms with van der Waals surface area (Å²) in [5.41, 5.74) is 7.42. The van der Waals surface area contributed by atoms with Crippen LogP contribution in [0.15, 0.2) is 53.2 Å². The topological polar surface area (TPSA) is 61.7 Å². The van der Waals surface area contributed by atoms with E-state index in [0.29, 0.717) is 5.92 Å². The van der Waals surface area contributed by atoms with Crippen molar-refractivity contribution in [1.29, 1.82) is 0 Å². The van der Waals surface area contributed by atoms with Crippen LogP contribution in [0.5, 0.6) is 0 Å². The summed E-state index contributed by atoms with van der Waals surface area (Å²) in [7, 11) is 0. The molecule has 0 aromatic heterocycles. The van der Waals surface area contributed by atoms with Gasteiger partial charge >= 0.3 is 5.97 Å². The molecule has 0 unspecified atom stereocenters. The maximum absolute atomic E-state index is 10.8. The van der Waals surface area contributed by atoms with Crippen molar-refractivity contribution in [2.75, 3.05) is 5.43 Å². The molecule has 1 aliphatic carbocycles. The van der Waals surface area contributed by atoms with Crippen LogP contribution in [0.25, 0.3) is 0 Å². The highest BCUT2D eigenvalue weighted by Crippen LogP contribution is 2.26. The van der Waals surface area contributed by atoms with Gasteiger partial charge in [-0.2, -0.15) is 5.10 Å². The number of carbonyl (C=O) groups is 1. The fourth-order valence-corrected chi connectivity index (χ4v) is 2.24. The van der Waals surface area contributed by atoms with Crippen molar-refractivity contribution in [2.45, 2.75) is 26.7 Å². The first-order chi connectivity index (χ1) is 9.97. The number of aromatic carboxylic acids is 1. The van der Waals surface area contributed by atoms with Gasteiger partial charge in [-0.15, -0.1) is 0 Å². The van der Waals surface area contributed by atoms with E-state index in [2.05, 4.69) is 37.0 Å². The van der Waals surface area contributed by atoms with Crippen LogP contribution >= 0.6 is 0 Å². The number of carboxylic acid groups (broad SMARTS) is 1. The van der Waals surface area contributed by atoms with Gasteiger partial charge in [-0.25, -0.2) is 4.79 Å². The molecule has 1 aromatic rings. The molecule has 2 rings (SSSR count). The van der Waals surface area contributed by atoms with Gasteiger partial charge < -0.3 is 5.11 Å². The van der Waals surface area contributed by atoms with Crippen molar-refractivity contribution < 1.29 is 9.90 Å². The fraction of sp³-hybridized carbons (Fsp3) is 0.294. The molecular weight excluding hydrogens is 264 g/mol. The summed E-state index contributed by atoms with van der Waals surface area (Å²) in [5.74, 6) is -0.480. The van der Waals surface area contributed by atoms with E-state index in [1.165, 1.54) is 11.1 Å². The number of carboxylic acids is 1. The third-order valence-corrected chi connectivity index (χ3v) is 3.75. The van der Waals surface area contributed by atoms with E-state index in [1.54, 1.807) is 24.3 Å². The lowest BCUT2D eigenvalue weighted by atomic mass is 9.85. The van der Waals surface area contributed by atoms with E-state index in [9.17, 15) is 4.79 Å². The second kappa shape index (κ2) is 6.39. The molecule has 1 aliphatic rings. The Bertz CT molecular complexity index is 612. The molecule has 4 heteroatoms. The van der Waals surface area contributed by atoms with E-state index in [0.717, 1.165) is 24.2 Å². The molecule has 4 nitrogen and oxygen atoms in total. The number of allylic oxidation sites excluding steroid dienone is 3. The average Bonchev–Trinajstić information content (AvgIpc) is 2.46. The minimum atomic E-state index is -0.928. The first kappa shape index (κ1) is 15.0. The van der Waals surface area contributed by atoms with Gasteiger partial charge in [0.2, 0.25) is 0 Å². The van der Waals surface area contributed by atoms with Crippen LogP contribution in [-0.2, 0) is 0 Å².